The van der Waals surface area contributed by atoms with Crippen molar-refractivity contribution < 1.29 is 14.3 Å². The number of imide groups is 1. The van der Waals surface area contributed by atoms with Crippen LogP contribution >= 0.6 is 23.4 Å². The standard InChI is InChI=1S/C18H21ClN4O3S/c1-11(16(24)20-18(25)26-2)27-17-22-21-15(13-9-5-6-10-14(13)19)23(17)12-7-3-4-8-12/h5-6,9-12H,3-4,7-8H2,1-2H3,(H,20,24,25)/t11-/m1/s1. The molecule has 1 aliphatic carbocycles. The van der Waals surface area contributed by atoms with E-state index in [4.69, 9.17) is 11.6 Å². The van der Waals surface area contributed by atoms with Crippen LogP contribution in [0.2, 0.25) is 5.02 Å². The number of hydrogen-bond donors (Lipinski definition) is 1. The Balaban J connectivity index is 1.90. The first-order valence-electron chi connectivity index (χ1n) is 8.76. The molecule has 1 saturated carbocycles. The molecular weight excluding hydrogens is 388 g/mol. The Kier molecular flexibility index (Phi) is 6.38. The first-order chi connectivity index (χ1) is 13.0. The summed E-state index contributed by atoms with van der Waals surface area (Å²) >= 11 is 7.64. The SMILES string of the molecule is COC(=O)NC(=O)[C@@H](C)Sc1nnc(-c2ccccc2Cl)n1C1CCCC1. The fraction of sp³-hybridized carbons (Fsp3) is 0.444. The van der Waals surface area contributed by atoms with Crippen molar-refractivity contribution in [2.75, 3.05) is 7.11 Å². The van der Waals surface area contributed by atoms with Gasteiger partial charge in [-0.15, -0.1) is 10.2 Å². The van der Waals surface area contributed by atoms with Crippen molar-refractivity contribution in [3.8, 4) is 11.4 Å². The largest absolute Gasteiger partial charge is 0.453 e. The van der Waals surface area contributed by atoms with E-state index in [9.17, 15) is 9.59 Å². The lowest BCUT2D eigenvalue weighted by atomic mass is 10.2. The number of nitrogens with zero attached hydrogens (tertiary/aromatic N) is 3. The number of thioether (sulfide) groups is 1. The summed E-state index contributed by atoms with van der Waals surface area (Å²) in [6.45, 7) is 1.71. The van der Waals surface area contributed by atoms with Gasteiger partial charge >= 0.3 is 6.09 Å². The van der Waals surface area contributed by atoms with Gasteiger partial charge in [0.05, 0.1) is 17.4 Å². The summed E-state index contributed by atoms with van der Waals surface area (Å²) in [5.41, 5.74) is 0.817. The second kappa shape index (κ2) is 8.75. The summed E-state index contributed by atoms with van der Waals surface area (Å²) in [5, 5.41) is 11.6. The third kappa shape index (κ3) is 4.44. The van der Waals surface area contributed by atoms with Crippen LogP contribution in [0.1, 0.15) is 38.6 Å². The molecule has 0 radical (unpaired) electrons. The Bertz CT molecular complexity index is 836. The maximum Gasteiger partial charge on any atom is 0.413 e. The molecule has 7 nitrogen and oxygen atoms in total. The topological polar surface area (TPSA) is 86.1 Å². The molecule has 1 heterocycles. The quantitative estimate of drug-likeness (QED) is 0.750. The Labute approximate surface area is 166 Å². The maximum absolute atomic E-state index is 12.2. The van der Waals surface area contributed by atoms with E-state index >= 15 is 0 Å². The van der Waals surface area contributed by atoms with E-state index in [1.165, 1.54) is 18.9 Å². The molecule has 2 aromatic rings. The van der Waals surface area contributed by atoms with Crippen molar-refractivity contribution in [1.82, 2.24) is 20.1 Å². The van der Waals surface area contributed by atoms with Crippen LogP contribution in [0.25, 0.3) is 11.4 Å². The molecule has 1 aromatic heterocycles. The van der Waals surface area contributed by atoms with E-state index in [1.54, 1.807) is 6.92 Å². The van der Waals surface area contributed by atoms with E-state index in [-0.39, 0.29) is 6.04 Å². The predicted octanol–water partition coefficient (Wildman–Crippen LogP) is 4.08. The third-order valence-corrected chi connectivity index (χ3v) is 5.92. The summed E-state index contributed by atoms with van der Waals surface area (Å²) in [6.07, 6.45) is 3.58. The zero-order valence-corrected chi connectivity index (χ0v) is 16.7. The number of carbonyl (C=O) groups excluding carboxylic acids is 2. The second-order valence-corrected chi connectivity index (χ2v) is 8.05. The summed E-state index contributed by atoms with van der Waals surface area (Å²) in [6, 6.07) is 7.79. The number of carbonyl (C=O) groups is 2. The summed E-state index contributed by atoms with van der Waals surface area (Å²) in [7, 11) is 1.22. The number of rotatable bonds is 5. The Morgan fingerprint density at radius 2 is 2.00 bits per heavy atom. The van der Waals surface area contributed by atoms with Crippen molar-refractivity contribution in [1.29, 1.82) is 0 Å². The van der Waals surface area contributed by atoms with Crippen molar-refractivity contribution in [3.05, 3.63) is 29.3 Å². The van der Waals surface area contributed by atoms with Gasteiger partial charge in [-0.25, -0.2) is 4.79 Å². The normalized spacial score (nSPS) is 15.5. The van der Waals surface area contributed by atoms with E-state index < -0.39 is 17.3 Å². The zero-order valence-electron chi connectivity index (χ0n) is 15.1. The molecule has 27 heavy (non-hydrogen) atoms. The molecule has 2 amide bonds. The molecule has 0 saturated heterocycles. The number of benzene rings is 1. The molecule has 0 unspecified atom stereocenters. The molecular formula is C18H21ClN4O3S. The highest BCUT2D eigenvalue weighted by molar-refractivity contribution is 8.00. The van der Waals surface area contributed by atoms with Crippen LogP contribution in [0, 0.1) is 0 Å². The number of hydrogen-bond acceptors (Lipinski definition) is 6. The lowest BCUT2D eigenvalue weighted by Crippen LogP contribution is -2.36. The molecule has 1 atom stereocenters. The van der Waals surface area contributed by atoms with Gasteiger partial charge in [0.25, 0.3) is 0 Å². The Morgan fingerprint density at radius 1 is 1.30 bits per heavy atom. The predicted molar refractivity (Wildman–Crippen MR) is 104 cm³/mol. The molecule has 144 valence electrons. The molecule has 1 aromatic carbocycles. The fourth-order valence-electron chi connectivity index (χ4n) is 3.14. The van der Waals surface area contributed by atoms with Gasteiger partial charge in [0.15, 0.2) is 11.0 Å². The highest BCUT2D eigenvalue weighted by Crippen LogP contribution is 2.38. The molecule has 1 aliphatic rings. The number of amides is 2. The van der Waals surface area contributed by atoms with Gasteiger partial charge in [0.1, 0.15) is 0 Å². The van der Waals surface area contributed by atoms with E-state index in [2.05, 4.69) is 24.8 Å². The number of methoxy groups -OCH3 is 1. The van der Waals surface area contributed by atoms with Gasteiger partial charge in [-0.2, -0.15) is 0 Å². The summed E-state index contributed by atoms with van der Waals surface area (Å²) in [4.78, 5) is 23.4. The number of halogens is 1. The van der Waals surface area contributed by atoms with Crippen LogP contribution < -0.4 is 5.32 Å². The van der Waals surface area contributed by atoms with Crippen LogP contribution in [0.4, 0.5) is 4.79 Å². The van der Waals surface area contributed by atoms with Gasteiger partial charge in [0, 0.05) is 11.6 Å². The molecule has 9 heteroatoms. The van der Waals surface area contributed by atoms with Crippen molar-refractivity contribution in [2.24, 2.45) is 0 Å². The third-order valence-electron chi connectivity index (χ3n) is 4.53. The van der Waals surface area contributed by atoms with E-state index in [0.717, 1.165) is 31.2 Å². The van der Waals surface area contributed by atoms with Crippen molar-refractivity contribution in [2.45, 2.75) is 49.1 Å². The first kappa shape index (κ1) is 19.7. The zero-order chi connectivity index (χ0) is 19.4. The van der Waals surface area contributed by atoms with Crippen molar-refractivity contribution in [3.63, 3.8) is 0 Å². The van der Waals surface area contributed by atoms with Crippen LogP contribution in [-0.2, 0) is 9.53 Å². The number of nitrogens with one attached hydrogen (secondary N) is 1. The van der Waals surface area contributed by atoms with E-state index in [1.807, 2.05) is 24.3 Å². The van der Waals surface area contributed by atoms with Gasteiger partial charge < -0.3 is 4.74 Å². The number of ether oxygens (including phenoxy) is 1. The van der Waals surface area contributed by atoms with Crippen LogP contribution in [0.5, 0.6) is 0 Å². The molecule has 0 bridgehead atoms. The second-order valence-electron chi connectivity index (χ2n) is 6.34. The van der Waals surface area contributed by atoms with Gasteiger partial charge in [-0.3, -0.25) is 14.7 Å². The van der Waals surface area contributed by atoms with Gasteiger partial charge in [0.2, 0.25) is 5.91 Å². The molecule has 0 spiro atoms. The Hall–Kier alpha value is -2.06. The first-order valence-corrected chi connectivity index (χ1v) is 10.0. The molecule has 3 rings (SSSR count). The summed E-state index contributed by atoms with van der Waals surface area (Å²) < 4.78 is 6.56. The summed E-state index contributed by atoms with van der Waals surface area (Å²) in [5.74, 6) is 0.266. The monoisotopic (exact) mass is 408 g/mol. The smallest absolute Gasteiger partial charge is 0.413 e. The van der Waals surface area contributed by atoms with Crippen LogP contribution in [0.15, 0.2) is 29.4 Å². The molecule has 1 N–H and O–H groups in total. The minimum absolute atomic E-state index is 0.268. The van der Waals surface area contributed by atoms with Crippen LogP contribution in [-0.4, -0.2) is 39.1 Å². The fourth-order valence-corrected chi connectivity index (χ4v) is 4.28. The molecule has 0 aliphatic heterocycles. The lowest BCUT2D eigenvalue weighted by Gasteiger charge is -2.18. The number of alkyl carbamates (subject to hydrolysis) is 1. The van der Waals surface area contributed by atoms with E-state index in [0.29, 0.717) is 16.0 Å². The van der Waals surface area contributed by atoms with Gasteiger partial charge in [-0.1, -0.05) is 48.3 Å². The lowest BCUT2D eigenvalue weighted by molar-refractivity contribution is -0.119. The van der Waals surface area contributed by atoms with Crippen LogP contribution in [0.3, 0.4) is 0 Å². The highest BCUT2D eigenvalue weighted by atomic mass is 35.5. The van der Waals surface area contributed by atoms with Gasteiger partial charge in [-0.05, 0) is 31.9 Å². The minimum Gasteiger partial charge on any atom is -0.453 e. The highest BCUT2D eigenvalue weighted by Gasteiger charge is 2.28. The minimum atomic E-state index is -0.776. The number of aromatic nitrogens is 3. The van der Waals surface area contributed by atoms with Crippen molar-refractivity contribution >= 4 is 35.4 Å². The Morgan fingerprint density at radius 3 is 2.67 bits per heavy atom. The average molecular weight is 409 g/mol. The molecule has 1 fully saturated rings. The average Bonchev–Trinajstić information content (AvgIpc) is 3.31. The maximum atomic E-state index is 12.2.